The van der Waals surface area contributed by atoms with Gasteiger partial charge in [-0.3, -0.25) is 28.8 Å². The van der Waals surface area contributed by atoms with E-state index in [9.17, 15) is 33.9 Å². The first-order valence-corrected chi connectivity index (χ1v) is 16.1. The molecule has 0 fully saturated rings. The van der Waals surface area contributed by atoms with Gasteiger partial charge in [0.25, 0.3) is 11.5 Å². The van der Waals surface area contributed by atoms with Gasteiger partial charge in [-0.25, -0.2) is 0 Å². The highest BCUT2D eigenvalue weighted by Gasteiger charge is 2.27. The second-order valence-electron chi connectivity index (χ2n) is 12.1. The van der Waals surface area contributed by atoms with Gasteiger partial charge in [0.05, 0.1) is 5.52 Å². The molecule has 13 heteroatoms. The summed E-state index contributed by atoms with van der Waals surface area (Å²) in [6.07, 6.45) is 0.339. The Labute approximate surface area is 292 Å². The number of rotatable bonds is 13. The number of aliphatic carboxylic acids is 1. The molecule has 0 spiro atoms. The number of nitrogens with zero attached hydrogens (tertiary/aromatic N) is 1. The number of aryl methyl sites for hydroxylation is 1. The summed E-state index contributed by atoms with van der Waals surface area (Å²) < 4.78 is 1.15. The summed E-state index contributed by atoms with van der Waals surface area (Å²) in [5.41, 5.74) is 0.975. The highest BCUT2D eigenvalue weighted by Crippen LogP contribution is 2.27. The van der Waals surface area contributed by atoms with Gasteiger partial charge in [-0.05, 0) is 39.6 Å². The summed E-state index contributed by atoms with van der Waals surface area (Å²) in [4.78, 5) is 75.9. The lowest BCUT2D eigenvalue weighted by Crippen LogP contribution is -2.54. The molecule has 0 bridgehead atoms. The molecule has 13 nitrogen and oxygen atoms in total. The lowest BCUT2D eigenvalue weighted by Gasteiger charge is -2.23. The normalized spacial score (nSPS) is 12.1. The van der Waals surface area contributed by atoms with Gasteiger partial charge in [-0.1, -0.05) is 78.9 Å². The molecule has 0 aliphatic heterocycles. The molecule has 1 aromatic heterocycles. The van der Waals surface area contributed by atoms with Crippen LogP contribution in [0, 0.1) is 0 Å². The second-order valence-corrected chi connectivity index (χ2v) is 12.1. The smallest absolute Gasteiger partial charge is 0.322 e. The van der Waals surface area contributed by atoms with Gasteiger partial charge in [0.15, 0.2) is 0 Å². The molecule has 0 saturated heterocycles. The van der Waals surface area contributed by atoms with Crippen LogP contribution in [-0.2, 0) is 45.6 Å². The van der Waals surface area contributed by atoms with Crippen molar-refractivity contribution in [3.05, 3.63) is 124 Å². The maximum atomic E-state index is 13.7. The molecule has 1 heterocycles. The van der Waals surface area contributed by atoms with Crippen molar-refractivity contribution in [2.75, 3.05) is 6.54 Å². The van der Waals surface area contributed by atoms with Crippen LogP contribution in [0.15, 0.2) is 95.8 Å². The van der Waals surface area contributed by atoms with Crippen LogP contribution < -0.4 is 26.8 Å². The van der Waals surface area contributed by atoms with Crippen molar-refractivity contribution in [1.29, 1.82) is 0 Å². The van der Waals surface area contributed by atoms with Crippen molar-refractivity contribution in [3.63, 3.8) is 0 Å². The van der Waals surface area contributed by atoms with Gasteiger partial charge in [0, 0.05) is 38.7 Å². The summed E-state index contributed by atoms with van der Waals surface area (Å²) >= 11 is 0. The van der Waals surface area contributed by atoms with E-state index in [0.717, 1.165) is 26.5 Å². The Morgan fingerprint density at radius 1 is 0.725 bits per heavy atom. The number of hydrogen-bond donors (Lipinski definition) is 6. The number of aromatic hydroxyl groups is 1. The number of carboxylic acid groups (broad SMARTS) is 1. The average Bonchev–Trinajstić information content (AvgIpc) is 3.11. The molecule has 0 aliphatic carbocycles. The molecule has 262 valence electrons. The fourth-order valence-corrected chi connectivity index (χ4v) is 5.84. The van der Waals surface area contributed by atoms with Gasteiger partial charge in [0.1, 0.15) is 29.9 Å². The number of carboxylic acids is 1. The molecular weight excluding hydrogens is 654 g/mol. The van der Waals surface area contributed by atoms with E-state index in [2.05, 4.69) is 21.3 Å². The molecule has 5 rings (SSSR count). The van der Waals surface area contributed by atoms with Crippen LogP contribution in [0.3, 0.4) is 0 Å². The molecule has 6 N–H and O–H groups in total. The molecular formula is C38H37N5O8. The summed E-state index contributed by atoms with van der Waals surface area (Å²) in [6.45, 7) is 0.520. The molecule has 0 saturated carbocycles. The van der Waals surface area contributed by atoms with E-state index < -0.39 is 65.1 Å². The predicted octanol–water partition coefficient (Wildman–Crippen LogP) is 2.30. The first-order chi connectivity index (χ1) is 24.4. The standard InChI is InChI=1S/C38H37N5O8/c1-22(44)41-30(19-24-12-14-26-10-6-7-11-27(26)16-24)36(49)42-29(18-23-8-4-3-5-9-23)35(48)39-20-25-13-15-31-28(17-25)34(47)33(38(51)43(31)2)37(50)40-21-32(45)46/h3-17,29-30,47H,18-21H2,1-2H3,(H,39,48)(H,40,50)(H,41,44)(H,42,49)(H,45,46)/t29-,30+/m1/s1. The van der Waals surface area contributed by atoms with Crippen LogP contribution in [0.4, 0.5) is 0 Å². The SMILES string of the molecule is CC(=O)N[C@@H](Cc1ccc2ccccc2c1)C(=O)N[C@H](Cc1ccccc1)C(=O)NCc1ccc2c(c1)c(O)c(C(=O)NCC(=O)O)c(=O)n2C. The minimum Gasteiger partial charge on any atom is -0.506 e. The minimum atomic E-state index is -1.32. The number of pyridine rings is 1. The average molecular weight is 692 g/mol. The lowest BCUT2D eigenvalue weighted by molar-refractivity contribution is -0.135. The molecule has 0 aliphatic rings. The van der Waals surface area contributed by atoms with Gasteiger partial charge in [0.2, 0.25) is 17.7 Å². The number of fused-ring (bicyclic) bond motifs is 2. The first kappa shape index (κ1) is 35.8. The Morgan fingerprint density at radius 2 is 1.37 bits per heavy atom. The number of amides is 4. The third kappa shape index (κ3) is 8.76. The molecule has 4 aromatic carbocycles. The zero-order valence-electron chi connectivity index (χ0n) is 27.9. The highest BCUT2D eigenvalue weighted by molar-refractivity contribution is 6.03. The molecule has 0 unspecified atom stereocenters. The van der Waals surface area contributed by atoms with Crippen LogP contribution in [0.5, 0.6) is 5.75 Å². The highest BCUT2D eigenvalue weighted by atomic mass is 16.4. The summed E-state index contributed by atoms with van der Waals surface area (Å²) in [5.74, 6) is -4.46. The van der Waals surface area contributed by atoms with Gasteiger partial charge in [-0.15, -0.1) is 0 Å². The third-order valence-electron chi connectivity index (χ3n) is 8.39. The minimum absolute atomic E-state index is 0.0506. The topological polar surface area (TPSA) is 196 Å². The first-order valence-electron chi connectivity index (χ1n) is 16.1. The van der Waals surface area contributed by atoms with Gasteiger partial charge < -0.3 is 36.0 Å². The Hall–Kier alpha value is -6.50. The zero-order valence-corrected chi connectivity index (χ0v) is 27.9. The predicted molar refractivity (Wildman–Crippen MR) is 190 cm³/mol. The van der Waals surface area contributed by atoms with Crippen LogP contribution in [0.1, 0.15) is 34.0 Å². The lowest BCUT2D eigenvalue weighted by atomic mass is 10.00. The van der Waals surface area contributed by atoms with Crippen LogP contribution in [0.25, 0.3) is 21.7 Å². The van der Waals surface area contributed by atoms with E-state index in [1.165, 1.54) is 20.0 Å². The second kappa shape index (κ2) is 15.8. The maximum Gasteiger partial charge on any atom is 0.322 e. The fourth-order valence-electron chi connectivity index (χ4n) is 5.84. The van der Waals surface area contributed by atoms with Crippen LogP contribution in [-0.4, -0.2) is 63.0 Å². The van der Waals surface area contributed by atoms with Crippen molar-refractivity contribution < 1.29 is 34.2 Å². The monoisotopic (exact) mass is 691 g/mol. The van der Waals surface area contributed by atoms with Crippen molar-refractivity contribution >= 4 is 51.3 Å². The molecule has 0 radical (unpaired) electrons. The van der Waals surface area contributed by atoms with E-state index in [1.807, 2.05) is 72.8 Å². The van der Waals surface area contributed by atoms with Crippen molar-refractivity contribution in [2.45, 2.75) is 38.4 Å². The summed E-state index contributed by atoms with van der Waals surface area (Å²) in [6, 6.07) is 25.4. The number of benzene rings is 4. The van der Waals surface area contributed by atoms with Crippen molar-refractivity contribution in [1.82, 2.24) is 25.8 Å². The quantitative estimate of drug-likeness (QED) is 0.108. The van der Waals surface area contributed by atoms with Crippen molar-refractivity contribution in [2.24, 2.45) is 7.05 Å². The molecule has 2 atom stereocenters. The number of hydrogen-bond acceptors (Lipinski definition) is 7. The molecule has 51 heavy (non-hydrogen) atoms. The fraction of sp³-hybridized carbons (Fsp3) is 0.211. The van der Waals surface area contributed by atoms with E-state index in [1.54, 1.807) is 12.1 Å². The van der Waals surface area contributed by atoms with E-state index >= 15 is 0 Å². The Kier molecular flexibility index (Phi) is 11.1. The largest absolute Gasteiger partial charge is 0.506 e. The van der Waals surface area contributed by atoms with Gasteiger partial charge >= 0.3 is 5.97 Å². The summed E-state index contributed by atoms with van der Waals surface area (Å²) in [7, 11) is 1.41. The molecule has 5 aromatic rings. The van der Waals surface area contributed by atoms with E-state index in [-0.39, 0.29) is 24.8 Å². The maximum absolute atomic E-state index is 13.7. The van der Waals surface area contributed by atoms with Gasteiger partial charge in [-0.2, -0.15) is 0 Å². The van der Waals surface area contributed by atoms with Crippen LogP contribution in [0.2, 0.25) is 0 Å². The summed E-state index contributed by atoms with van der Waals surface area (Å²) in [5, 5.41) is 32.4. The van der Waals surface area contributed by atoms with Crippen LogP contribution >= 0.6 is 0 Å². The zero-order chi connectivity index (χ0) is 36.7. The number of carbonyl (C=O) groups is 5. The number of aromatic nitrogens is 1. The molecule has 4 amide bonds. The van der Waals surface area contributed by atoms with E-state index in [0.29, 0.717) is 11.1 Å². The Morgan fingerprint density at radius 3 is 2.08 bits per heavy atom. The Balaban J connectivity index is 1.37. The van der Waals surface area contributed by atoms with Crippen molar-refractivity contribution in [3.8, 4) is 5.75 Å². The third-order valence-corrected chi connectivity index (χ3v) is 8.39. The van der Waals surface area contributed by atoms with E-state index in [4.69, 9.17) is 5.11 Å². The Bertz CT molecular complexity index is 2200. The number of nitrogens with one attached hydrogen (secondary N) is 4. The number of carbonyl (C=O) groups excluding carboxylic acids is 4.